The van der Waals surface area contributed by atoms with Gasteiger partial charge in [-0.3, -0.25) is 20.3 Å². The molecule has 0 spiro atoms. The smallest absolute Gasteiger partial charge is 0.403 e. The number of hydrogen-bond donors (Lipinski definition) is 1. The van der Waals surface area contributed by atoms with Crippen molar-refractivity contribution in [1.29, 1.82) is 0 Å². The number of fused-ring (bicyclic) bond motifs is 2. The van der Waals surface area contributed by atoms with Crippen LogP contribution in [0.3, 0.4) is 0 Å². The molecule has 9 heteroatoms. The fraction of sp³-hybridized carbons (Fsp3) is 0.0769. The van der Waals surface area contributed by atoms with Gasteiger partial charge in [0.15, 0.2) is 10.5 Å². The molecule has 0 saturated carbocycles. The summed E-state index contributed by atoms with van der Waals surface area (Å²) in [5.74, 6) is 0.0319. The number of nitro groups is 1. The number of nitrogens with zero attached hydrogens (tertiary/aromatic N) is 3. The molecule has 3 heterocycles. The molecule has 0 amide bonds. The second-order valence-electron chi connectivity index (χ2n) is 4.61. The van der Waals surface area contributed by atoms with Crippen LogP contribution in [0, 0.1) is 10.1 Å². The number of para-hydroxylation sites is 1. The SMILES string of the molecule is O=c1c2ccccc2nc2n1NC(c1ccc([N+](=O)[O-])o1)S2. The van der Waals surface area contributed by atoms with Crippen LogP contribution in [0.15, 0.2) is 50.8 Å². The van der Waals surface area contributed by atoms with E-state index in [9.17, 15) is 14.9 Å². The predicted molar refractivity (Wildman–Crippen MR) is 79.3 cm³/mol. The lowest BCUT2D eigenvalue weighted by molar-refractivity contribution is -0.402. The van der Waals surface area contributed by atoms with Crippen LogP contribution in [0.4, 0.5) is 5.88 Å². The van der Waals surface area contributed by atoms with E-state index in [0.29, 0.717) is 21.8 Å². The normalized spacial score (nSPS) is 16.5. The lowest BCUT2D eigenvalue weighted by Crippen LogP contribution is -2.27. The van der Waals surface area contributed by atoms with E-state index in [1.807, 2.05) is 6.07 Å². The van der Waals surface area contributed by atoms with Gasteiger partial charge in [0.1, 0.15) is 10.7 Å². The van der Waals surface area contributed by atoms with Crippen molar-refractivity contribution in [3.63, 3.8) is 0 Å². The minimum absolute atomic E-state index is 0.211. The Labute approximate surface area is 126 Å². The van der Waals surface area contributed by atoms with Crippen LogP contribution >= 0.6 is 11.8 Å². The molecule has 8 nitrogen and oxygen atoms in total. The van der Waals surface area contributed by atoms with Crippen LogP contribution in [0.2, 0.25) is 0 Å². The average Bonchev–Trinajstić information content (AvgIpc) is 3.14. The Morgan fingerprint density at radius 3 is 2.91 bits per heavy atom. The Kier molecular flexibility index (Phi) is 2.70. The minimum atomic E-state index is -0.602. The summed E-state index contributed by atoms with van der Waals surface area (Å²) >= 11 is 1.27. The largest absolute Gasteiger partial charge is 0.433 e. The molecule has 1 aromatic carbocycles. The highest BCUT2D eigenvalue weighted by Gasteiger charge is 2.29. The lowest BCUT2D eigenvalue weighted by atomic mass is 10.2. The van der Waals surface area contributed by atoms with Crippen molar-refractivity contribution < 1.29 is 9.34 Å². The number of hydrogen-bond acceptors (Lipinski definition) is 7. The van der Waals surface area contributed by atoms with Crippen molar-refractivity contribution in [2.75, 3.05) is 5.43 Å². The van der Waals surface area contributed by atoms with Gasteiger partial charge in [0.25, 0.3) is 5.56 Å². The minimum Gasteiger partial charge on any atom is -0.403 e. The van der Waals surface area contributed by atoms with Crippen molar-refractivity contribution in [1.82, 2.24) is 9.66 Å². The molecular formula is C13H8N4O4S. The second-order valence-corrected chi connectivity index (χ2v) is 5.68. The van der Waals surface area contributed by atoms with Crippen molar-refractivity contribution in [3.8, 4) is 0 Å². The fourth-order valence-corrected chi connectivity index (χ4v) is 3.26. The zero-order valence-electron chi connectivity index (χ0n) is 10.9. The standard InChI is InChI=1S/C13H8N4O4S/c18-12-7-3-1-2-4-8(7)14-13-16(12)15-11(22-13)9-5-6-10(21-9)17(19)20/h1-6,11,15H. The molecule has 0 saturated heterocycles. The molecule has 1 aliphatic rings. The maximum atomic E-state index is 12.4. The first-order valence-corrected chi connectivity index (χ1v) is 7.20. The molecule has 0 aliphatic carbocycles. The number of benzene rings is 1. The van der Waals surface area contributed by atoms with Gasteiger partial charge >= 0.3 is 5.88 Å². The van der Waals surface area contributed by atoms with Gasteiger partial charge in [-0.2, -0.15) is 4.68 Å². The molecule has 22 heavy (non-hydrogen) atoms. The van der Waals surface area contributed by atoms with Gasteiger partial charge in [0.05, 0.1) is 17.0 Å². The molecular weight excluding hydrogens is 308 g/mol. The Morgan fingerprint density at radius 1 is 1.32 bits per heavy atom. The van der Waals surface area contributed by atoms with Crippen molar-refractivity contribution in [2.45, 2.75) is 10.5 Å². The molecule has 2 aromatic heterocycles. The molecule has 1 aliphatic heterocycles. The number of aromatic nitrogens is 2. The lowest BCUT2D eigenvalue weighted by Gasteiger charge is -2.06. The van der Waals surface area contributed by atoms with Crippen LogP contribution in [-0.2, 0) is 0 Å². The third-order valence-electron chi connectivity index (χ3n) is 3.27. The van der Waals surface area contributed by atoms with E-state index in [-0.39, 0.29) is 11.4 Å². The summed E-state index contributed by atoms with van der Waals surface area (Å²) in [6.07, 6.45) is 0. The number of nitrogens with one attached hydrogen (secondary N) is 1. The summed E-state index contributed by atoms with van der Waals surface area (Å²) < 4.78 is 6.51. The number of thioether (sulfide) groups is 1. The number of rotatable bonds is 2. The van der Waals surface area contributed by atoms with Gasteiger partial charge in [-0.1, -0.05) is 23.9 Å². The Balaban J connectivity index is 1.76. The third kappa shape index (κ3) is 1.86. The highest BCUT2D eigenvalue weighted by Crippen LogP contribution is 2.39. The molecule has 4 rings (SSSR count). The first-order valence-electron chi connectivity index (χ1n) is 6.32. The molecule has 3 aromatic rings. The van der Waals surface area contributed by atoms with E-state index in [4.69, 9.17) is 4.42 Å². The van der Waals surface area contributed by atoms with Crippen LogP contribution in [0.1, 0.15) is 11.1 Å². The average molecular weight is 316 g/mol. The first-order chi connectivity index (χ1) is 10.6. The van der Waals surface area contributed by atoms with Gasteiger partial charge < -0.3 is 4.42 Å². The monoisotopic (exact) mass is 316 g/mol. The van der Waals surface area contributed by atoms with Crippen LogP contribution in [0.25, 0.3) is 10.9 Å². The second kappa shape index (κ2) is 4.60. The van der Waals surface area contributed by atoms with Gasteiger partial charge in [-0.05, 0) is 18.2 Å². The van der Waals surface area contributed by atoms with E-state index < -0.39 is 10.3 Å². The highest BCUT2D eigenvalue weighted by molar-refractivity contribution is 7.99. The third-order valence-corrected chi connectivity index (χ3v) is 4.32. The molecule has 1 unspecified atom stereocenters. The summed E-state index contributed by atoms with van der Waals surface area (Å²) in [5.41, 5.74) is 3.35. The summed E-state index contributed by atoms with van der Waals surface area (Å²) in [5, 5.41) is 11.2. The van der Waals surface area contributed by atoms with E-state index in [2.05, 4.69) is 10.4 Å². The van der Waals surface area contributed by atoms with E-state index in [0.717, 1.165) is 0 Å². The molecule has 1 atom stereocenters. The van der Waals surface area contributed by atoms with Crippen molar-refractivity contribution >= 4 is 28.5 Å². The van der Waals surface area contributed by atoms with Crippen LogP contribution < -0.4 is 11.0 Å². The molecule has 0 fully saturated rings. The highest BCUT2D eigenvalue weighted by atomic mass is 32.2. The Morgan fingerprint density at radius 2 is 2.14 bits per heavy atom. The maximum Gasteiger partial charge on any atom is 0.433 e. The zero-order valence-corrected chi connectivity index (χ0v) is 11.7. The van der Waals surface area contributed by atoms with Crippen LogP contribution in [-0.4, -0.2) is 14.6 Å². The molecule has 0 radical (unpaired) electrons. The van der Waals surface area contributed by atoms with Gasteiger partial charge in [-0.25, -0.2) is 4.98 Å². The van der Waals surface area contributed by atoms with Crippen molar-refractivity contribution in [3.05, 3.63) is 62.6 Å². The Bertz CT molecular complexity index is 964. The summed E-state index contributed by atoms with van der Waals surface area (Å²) in [7, 11) is 0. The summed E-state index contributed by atoms with van der Waals surface area (Å²) in [6.45, 7) is 0. The van der Waals surface area contributed by atoms with E-state index in [1.165, 1.54) is 28.6 Å². The van der Waals surface area contributed by atoms with Gasteiger partial charge in [0.2, 0.25) is 0 Å². The quantitative estimate of drug-likeness (QED) is 0.439. The van der Waals surface area contributed by atoms with Gasteiger partial charge in [0, 0.05) is 0 Å². The fourth-order valence-electron chi connectivity index (χ4n) is 2.26. The van der Waals surface area contributed by atoms with Crippen molar-refractivity contribution in [2.24, 2.45) is 0 Å². The zero-order chi connectivity index (χ0) is 15.3. The molecule has 0 bridgehead atoms. The topological polar surface area (TPSA) is 103 Å². The maximum absolute atomic E-state index is 12.4. The number of furan rings is 1. The van der Waals surface area contributed by atoms with Crippen LogP contribution in [0.5, 0.6) is 0 Å². The Hall–Kier alpha value is -2.81. The van der Waals surface area contributed by atoms with E-state index >= 15 is 0 Å². The summed E-state index contributed by atoms with van der Waals surface area (Å²) in [4.78, 5) is 26.9. The predicted octanol–water partition coefficient (Wildman–Crippen LogP) is 2.25. The molecule has 1 N–H and O–H groups in total. The van der Waals surface area contributed by atoms with E-state index in [1.54, 1.807) is 18.2 Å². The molecule has 110 valence electrons. The summed E-state index contributed by atoms with van der Waals surface area (Å²) in [6, 6.07) is 9.85. The first kappa shape index (κ1) is 12.9. The van der Waals surface area contributed by atoms with Gasteiger partial charge in [-0.15, -0.1) is 0 Å².